The molecule has 0 fully saturated rings. The van der Waals surface area contributed by atoms with Crippen LogP contribution >= 0.6 is 0 Å². The van der Waals surface area contributed by atoms with Crippen molar-refractivity contribution >= 4 is 6.21 Å². The van der Waals surface area contributed by atoms with Gasteiger partial charge in [0.1, 0.15) is 6.17 Å². The highest BCUT2D eigenvalue weighted by atomic mass is 14.9. The molecule has 2 heteroatoms. The lowest BCUT2D eigenvalue weighted by atomic mass is 9.90. The summed E-state index contributed by atoms with van der Waals surface area (Å²) in [7, 11) is 0. The van der Waals surface area contributed by atoms with Gasteiger partial charge in [-0.2, -0.15) is 0 Å². The van der Waals surface area contributed by atoms with E-state index < -0.39 is 0 Å². The van der Waals surface area contributed by atoms with Crippen molar-refractivity contribution in [2.45, 2.75) is 6.17 Å². The molecule has 0 saturated heterocycles. The summed E-state index contributed by atoms with van der Waals surface area (Å²) in [6.07, 6.45) is 11.9. The normalized spacial score (nSPS) is 33.4. The van der Waals surface area contributed by atoms with Gasteiger partial charge >= 0.3 is 0 Å². The Hall–Kier alpha value is -1.15. The second-order valence-corrected chi connectivity index (χ2v) is 2.73. The van der Waals surface area contributed by atoms with Crippen molar-refractivity contribution < 1.29 is 0 Å². The third-order valence-electron chi connectivity index (χ3n) is 2.00. The van der Waals surface area contributed by atoms with E-state index in [0.29, 0.717) is 5.92 Å². The van der Waals surface area contributed by atoms with Crippen molar-refractivity contribution in [2.24, 2.45) is 16.6 Å². The Labute approximate surface area is 65.8 Å². The average Bonchev–Trinajstić information content (AvgIpc) is 2.06. The zero-order valence-electron chi connectivity index (χ0n) is 6.14. The summed E-state index contributed by atoms with van der Waals surface area (Å²) in [5.41, 5.74) is 7.02. The maximum atomic E-state index is 5.77. The van der Waals surface area contributed by atoms with Crippen LogP contribution in [0.25, 0.3) is 0 Å². The van der Waals surface area contributed by atoms with Crippen molar-refractivity contribution in [3.8, 4) is 0 Å². The van der Waals surface area contributed by atoms with Gasteiger partial charge in [-0.1, -0.05) is 24.3 Å². The molecule has 56 valence electrons. The van der Waals surface area contributed by atoms with E-state index in [-0.39, 0.29) is 6.17 Å². The van der Waals surface area contributed by atoms with Crippen molar-refractivity contribution in [1.29, 1.82) is 0 Å². The fourth-order valence-electron chi connectivity index (χ4n) is 1.37. The van der Waals surface area contributed by atoms with E-state index >= 15 is 0 Å². The number of nitrogens with zero attached hydrogens (tertiary/aromatic N) is 1. The Morgan fingerprint density at radius 2 is 2.27 bits per heavy atom. The fraction of sp³-hybridized carbons (Fsp3) is 0.222. The van der Waals surface area contributed by atoms with E-state index in [1.165, 1.54) is 5.57 Å². The molecule has 2 rings (SSSR count). The first-order chi connectivity index (χ1) is 5.38. The van der Waals surface area contributed by atoms with Crippen molar-refractivity contribution in [2.75, 3.05) is 0 Å². The van der Waals surface area contributed by atoms with Gasteiger partial charge in [0.05, 0.1) is 0 Å². The number of aliphatic imine (C=N–C) groups is 1. The van der Waals surface area contributed by atoms with Crippen LogP contribution in [0.5, 0.6) is 0 Å². The Kier molecular flexibility index (Phi) is 1.47. The molecule has 11 heavy (non-hydrogen) atoms. The number of dihydropyridines is 1. The highest BCUT2D eigenvalue weighted by Gasteiger charge is 2.19. The zero-order chi connectivity index (χ0) is 7.68. The monoisotopic (exact) mass is 146 g/mol. The standard InChI is InChI=1S/C9H10N2/c10-9-8-4-2-1-3-7(8)5-6-11-9/h1-6,8-9H,10H2. The highest BCUT2D eigenvalue weighted by molar-refractivity contribution is 5.75. The maximum Gasteiger partial charge on any atom is 0.107 e. The summed E-state index contributed by atoms with van der Waals surface area (Å²) in [4.78, 5) is 4.11. The summed E-state index contributed by atoms with van der Waals surface area (Å²) in [6, 6.07) is 0. The zero-order valence-corrected chi connectivity index (χ0v) is 6.14. The molecule has 0 radical (unpaired) electrons. The van der Waals surface area contributed by atoms with E-state index in [2.05, 4.69) is 17.1 Å². The summed E-state index contributed by atoms with van der Waals surface area (Å²) >= 11 is 0. The van der Waals surface area contributed by atoms with Crippen LogP contribution in [0.2, 0.25) is 0 Å². The number of fused-ring (bicyclic) bond motifs is 1. The minimum Gasteiger partial charge on any atom is -0.309 e. The topological polar surface area (TPSA) is 38.4 Å². The lowest BCUT2D eigenvalue weighted by Gasteiger charge is -2.22. The molecular formula is C9H10N2. The fourth-order valence-corrected chi connectivity index (χ4v) is 1.37. The number of hydrogen-bond donors (Lipinski definition) is 1. The largest absolute Gasteiger partial charge is 0.309 e. The molecule has 0 aromatic heterocycles. The first-order valence-corrected chi connectivity index (χ1v) is 3.72. The summed E-state index contributed by atoms with van der Waals surface area (Å²) < 4.78 is 0. The Bertz CT molecular complexity index is 271. The van der Waals surface area contributed by atoms with Crippen molar-refractivity contribution in [3.63, 3.8) is 0 Å². The highest BCUT2D eigenvalue weighted by Crippen LogP contribution is 2.23. The average molecular weight is 146 g/mol. The number of hydrogen-bond acceptors (Lipinski definition) is 2. The molecule has 2 nitrogen and oxygen atoms in total. The van der Waals surface area contributed by atoms with Crippen LogP contribution in [0.1, 0.15) is 0 Å². The predicted molar refractivity (Wildman–Crippen MR) is 46.3 cm³/mol. The Morgan fingerprint density at radius 1 is 1.36 bits per heavy atom. The van der Waals surface area contributed by atoms with Gasteiger partial charge in [-0.3, -0.25) is 4.99 Å². The SMILES string of the molecule is NC1N=CC=C2C=CC=CC21. The molecule has 2 N–H and O–H groups in total. The molecule has 1 heterocycles. The molecule has 0 spiro atoms. The minimum absolute atomic E-state index is 0.0869. The van der Waals surface area contributed by atoms with Gasteiger partial charge < -0.3 is 5.73 Å². The molecule has 1 aliphatic heterocycles. The smallest absolute Gasteiger partial charge is 0.107 e. The first kappa shape index (κ1) is 6.55. The van der Waals surface area contributed by atoms with Crippen LogP contribution in [0.4, 0.5) is 0 Å². The molecule has 2 aliphatic rings. The lowest BCUT2D eigenvalue weighted by Crippen LogP contribution is -2.30. The summed E-state index contributed by atoms with van der Waals surface area (Å²) in [6.45, 7) is 0. The second-order valence-electron chi connectivity index (χ2n) is 2.73. The molecule has 0 aromatic carbocycles. The Balaban J connectivity index is 2.35. The summed E-state index contributed by atoms with van der Waals surface area (Å²) in [5.74, 6) is 0.296. The van der Waals surface area contributed by atoms with E-state index in [1.54, 1.807) is 6.21 Å². The van der Waals surface area contributed by atoms with Gasteiger partial charge in [0.2, 0.25) is 0 Å². The van der Waals surface area contributed by atoms with Crippen LogP contribution in [-0.4, -0.2) is 12.4 Å². The molecular weight excluding hydrogens is 136 g/mol. The predicted octanol–water partition coefficient (Wildman–Crippen LogP) is 1.02. The number of rotatable bonds is 0. The van der Waals surface area contributed by atoms with E-state index in [4.69, 9.17) is 5.73 Å². The van der Waals surface area contributed by atoms with Crippen molar-refractivity contribution in [1.82, 2.24) is 0 Å². The van der Waals surface area contributed by atoms with E-state index in [9.17, 15) is 0 Å². The molecule has 2 atom stereocenters. The minimum atomic E-state index is -0.0869. The molecule has 1 aliphatic carbocycles. The molecule has 0 saturated carbocycles. The van der Waals surface area contributed by atoms with Crippen LogP contribution in [0, 0.1) is 5.92 Å². The first-order valence-electron chi connectivity index (χ1n) is 3.72. The third kappa shape index (κ3) is 1.05. The van der Waals surface area contributed by atoms with E-state index in [0.717, 1.165) is 0 Å². The second kappa shape index (κ2) is 2.47. The van der Waals surface area contributed by atoms with Gasteiger partial charge in [0.15, 0.2) is 0 Å². The number of nitrogens with two attached hydrogens (primary N) is 1. The number of allylic oxidation sites excluding steroid dienone is 4. The maximum absolute atomic E-state index is 5.77. The van der Waals surface area contributed by atoms with Crippen LogP contribution in [0.3, 0.4) is 0 Å². The third-order valence-corrected chi connectivity index (χ3v) is 2.00. The Morgan fingerprint density at radius 3 is 3.09 bits per heavy atom. The summed E-state index contributed by atoms with van der Waals surface area (Å²) in [5, 5.41) is 0. The van der Waals surface area contributed by atoms with E-state index in [1.807, 2.05) is 18.2 Å². The van der Waals surface area contributed by atoms with Crippen molar-refractivity contribution in [3.05, 3.63) is 36.0 Å². The molecule has 0 aromatic rings. The van der Waals surface area contributed by atoms with Gasteiger partial charge in [0.25, 0.3) is 0 Å². The molecule has 0 bridgehead atoms. The quantitative estimate of drug-likeness (QED) is 0.544. The van der Waals surface area contributed by atoms with Crippen LogP contribution in [-0.2, 0) is 0 Å². The van der Waals surface area contributed by atoms with Crippen LogP contribution < -0.4 is 5.73 Å². The van der Waals surface area contributed by atoms with Gasteiger partial charge in [-0.05, 0) is 11.6 Å². The van der Waals surface area contributed by atoms with Gasteiger partial charge in [0, 0.05) is 12.1 Å². The van der Waals surface area contributed by atoms with Crippen LogP contribution in [0.15, 0.2) is 40.9 Å². The van der Waals surface area contributed by atoms with Gasteiger partial charge in [-0.25, -0.2) is 0 Å². The molecule has 2 unspecified atom stereocenters. The lowest BCUT2D eigenvalue weighted by molar-refractivity contribution is 0.586. The molecule has 0 amide bonds. The van der Waals surface area contributed by atoms with Gasteiger partial charge in [-0.15, -0.1) is 0 Å².